The fourth-order valence-electron chi connectivity index (χ4n) is 1.99. The van der Waals surface area contributed by atoms with Crippen LogP contribution in [-0.2, 0) is 15.7 Å². The maximum Gasteiger partial charge on any atom is 1.00 e. The van der Waals surface area contributed by atoms with Crippen LogP contribution in [0.3, 0.4) is 0 Å². The van der Waals surface area contributed by atoms with Gasteiger partial charge in [0.2, 0.25) is 0 Å². The first-order valence-corrected chi connectivity index (χ1v) is 7.59. The van der Waals surface area contributed by atoms with Gasteiger partial charge in [0, 0.05) is 12.1 Å². The van der Waals surface area contributed by atoms with Gasteiger partial charge in [-0.25, -0.2) is 9.59 Å². The van der Waals surface area contributed by atoms with Crippen LogP contribution in [0.2, 0.25) is 5.02 Å². The summed E-state index contributed by atoms with van der Waals surface area (Å²) in [6, 6.07) is 5.15. The summed E-state index contributed by atoms with van der Waals surface area (Å²) in [5.41, 5.74) is -2.29. The van der Waals surface area contributed by atoms with Crippen LogP contribution >= 0.6 is 11.6 Å². The summed E-state index contributed by atoms with van der Waals surface area (Å²) in [5.74, 6) is -3.14. The zero-order valence-corrected chi connectivity index (χ0v) is 17.3. The number of carbonyl (C=O) groups excluding carboxylic acids is 1. The van der Waals surface area contributed by atoms with E-state index >= 15 is 0 Å². The van der Waals surface area contributed by atoms with Gasteiger partial charge in [-0.05, 0) is 24.3 Å². The number of alkyl halides is 3. The Hall–Kier alpha value is -2.34. The Bertz CT molecular complexity index is 959. The molecule has 0 atom stereocenters. The number of halogens is 4. The van der Waals surface area contributed by atoms with Gasteiger partial charge in [0.1, 0.15) is 17.1 Å². The number of carboxylic acid groups (broad SMARTS) is 1. The molecule has 0 heterocycles. The Labute approximate surface area is 189 Å². The molecule has 0 amide bonds. The molecule has 0 saturated carbocycles. The predicted molar refractivity (Wildman–Crippen MR) is 88.7 cm³/mol. The molecular formula is C16H10ClF3NNaO7. The van der Waals surface area contributed by atoms with Gasteiger partial charge < -0.3 is 16.0 Å². The minimum absolute atomic E-state index is 0. The zero-order chi connectivity index (χ0) is 21.1. The summed E-state index contributed by atoms with van der Waals surface area (Å²) in [6.07, 6.45) is -4.61. The number of carbonyl (C=O) groups is 2. The summed E-state index contributed by atoms with van der Waals surface area (Å²) >= 11 is 5.76. The third kappa shape index (κ3) is 6.60. The number of esters is 1. The van der Waals surface area contributed by atoms with Crippen molar-refractivity contribution in [2.24, 2.45) is 0 Å². The van der Waals surface area contributed by atoms with Crippen molar-refractivity contribution in [2.45, 2.75) is 6.18 Å². The van der Waals surface area contributed by atoms with Crippen LogP contribution in [-0.4, -0.2) is 28.6 Å². The van der Waals surface area contributed by atoms with E-state index < -0.39 is 46.5 Å². The molecule has 0 aliphatic rings. The van der Waals surface area contributed by atoms with Crippen LogP contribution in [0.5, 0.6) is 11.5 Å². The number of benzene rings is 2. The summed E-state index contributed by atoms with van der Waals surface area (Å²) in [6.45, 7) is -1.02. The van der Waals surface area contributed by atoms with Gasteiger partial charge in [0.05, 0.1) is 15.5 Å². The van der Waals surface area contributed by atoms with E-state index in [0.717, 1.165) is 24.3 Å². The molecule has 0 unspecified atom stereocenters. The van der Waals surface area contributed by atoms with Gasteiger partial charge in [-0.1, -0.05) is 11.6 Å². The maximum atomic E-state index is 12.7. The topological polar surface area (TPSA) is 116 Å². The largest absolute Gasteiger partial charge is 1.00 e. The van der Waals surface area contributed by atoms with Crippen molar-refractivity contribution in [1.29, 1.82) is 0 Å². The van der Waals surface area contributed by atoms with E-state index in [4.69, 9.17) is 21.4 Å². The van der Waals surface area contributed by atoms with Gasteiger partial charge in [0.25, 0.3) is 5.69 Å². The molecule has 2 aromatic carbocycles. The molecule has 0 aromatic heterocycles. The average Bonchev–Trinajstić information content (AvgIpc) is 2.60. The first-order chi connectivity index (χ1) is 13.0. The Morgan fingerprint density at radius 1 is 1.21 bits per heavy atom. The number of ether oxygens (including phenoxy) is 2. The summed E-state index contributed by atoms with van der Waals surface area (Å²) in [5, 5.41) is 19.2. The molecule has 0 radical (unpaired) electrons. The van der Waals surface area contributed by atoms with E-state index in [0.29, 0.717) is 12.1 Å². The number of nitro benzene ring substituents is 1. The Morgan fingerprint density at radius 2 is 1.86 bits per heavy atom. The second-order valence-electron chi connectivity index (χ2n) is 5.15. The van der Waals surface area contributed by atoms with Crippen molar-refractivity contribution in [3.63, 3.8) is 0 Å². The van der Waals surface area contributed by atoms with Crippen molar-refractivity contribution in [3.8, 4) is 11.5 Å². The minimum atomic E-state index is -4.61. The van der Waals surface area contributed by atoms with Crippen molar-refractivity contribution in [2.75, 3.05) is 6.61 Å². The standard InChI is InChI=1S/C16H9ClF3NO7.Na.H/c17-11-5-8(16(18,19)20)1-4-13(11)28-9-2-3-12(21(25)26)10(6-9)15(24)27-7-14(22)23;;/h1-6H,7H2,(H,22,23);;/q;+1;-1. The number of rotatable bonds is 6. The average molecular weight is 444 g/mol. The second-order valence-corrected chi connectivity index (χ2v) is 5.56. The van der Waals surface area contributed by atoms with E-state index in [1.54, 1.807) is 0 Å². The zero-order valence-electron chi connectivity index (χ0n) is 15.5. The van der Waals surface area contributed by atoms with Crippen molar-refractivity contribution < 1.29 is 73.2 Å². The maximum absolute atomic E-state index is 12.7. The van der Waals surface area contributed by atoms with E-state index in [2.05, 4.69) is 4.74 Å². The predicted octanol–water partition coefficient (Wildman–Crippen LogP) is 1.42. The van der Waals surface area contributed by atoms with E-state index in [1.807, 2.05) is 0 Å². The normalized spacial score (nSPS) is 10.6. The van der Waals surface area contributed by atoms with E-state index in [-0.39, 0.29) is 47.5 Å². The molecule has 8 nitrogen and oxygen atoms in total. The number of aliphatic carboxylic acids is 1. The number of carboxylic acids is 1. The summed E-state index contributed by atoms with van der Waals surface area (Å²) in [4.78, 5) is 32.5. The molecule has 0 saturated heterocycles. The molecule has 13 heteroatoms. The van der Waals surface area contributed by atoms with Gasteiger partial charge in [-0.3, -0.25) is 10.1 Å². The third-order valence-electron chi connectivity index (χ3n) is 3.20. The van der Waals surface area contributed by atoms with Gasteiger partial charge in [-0.15, -0.1) is 0 Å². The number of hydrogen-bond donors (Lipinski definition) is 1. The molecule has 0 fully saturated rings. The Morgan fingerprint density at radius 3 is 2.38 bits per heavy atom. The van der Waals surface area contributed by atoms with E-state index in [9.17, 15) is 32.9 Å². The van der Waals surface area contributed by atoms with Crippen LogP contribution in [0.25, 0.3) is 0 Å². The van der Waals surface area contributed by atoms with Crippen LogP contribution in [0.4, 0.5) is 18.9 Å². The smallest absolute Gasteiger partial charge is 1.00 e. The molecule has 2 rings (SSSR count). The summed E-state index contributed by atoms with van der Waals surface area (Å²) in [7, 11) is 0. The fourth-order valence-corrected chi connectivity index (χ4v) is 2.21. The minimum Gasteiger partial charge on any atom is -1.00 e. The molecule has 1 N–H and O–H groups in total. The Kier molecular flexibility index (Phi) is 8.45. The molecule has 0 aliphatic carbocycles. The first kappa shape index (κ1) is 24.7. The molecule has 29 heavy (non-hydrogen) atoms. The molecule has 2 aromatic rings. The van der Waals surface area contributed by atoms with Crippen molar-refractivity contribution in [1.82, 2.24) is 0 Å². The Balaban J connectivity index is 0.00000420. The molecule has 150 valence electrons. The quantitative estimate of drug-likeness (QED) is 0.310. The van der Waals surface area contributed by atoms with Crippen LogP contribution in [0, 0.1) is 10.1 Å². The van der Waals surface area contributed by atoms with Gasteiger partial charge in [-0.2, -0.15) is 13.2 Å². The van der Waals surface area contributed by atoms with Gasteiger partial charge >= 0.3 is 47.7 Å². The molecular weight excluding hydrogens is 434 g/mol. The number of hydrogen-bond acceptors (Lipinski definition) is 6. The fraction of sp³-hybridized carbons (Fsp3) is 0.125. The van der Waals surface area contributed by atoms with Crippen LogP contribution < -0.4 is 34.3 Å². The number of nitrogens with zero attached hydrogens (tertiary/aromatic N) is 1. The molecule has 0 bridgehead atoms. The summed E-state index contributed by atoms with van der Waals surface area (Å²) < 4.78 is 47.7. The molecule has 0 spiro atoms. The molecule has 0 aliphatic heterocycles. The van der Waals surface area contributed by atoms with Crippen LogP contribution in [0.15, 0.2) is 36.4 Å². The van der Waals surface area contributed by atoms with Crippen molar-refractivity contribution in [3.05, 3.63) is 62.7 Å². The van der Waals surface area contributed by atoms with Gasteiger partial charge in [0.15, 0.2) is 6.61 Å². The van der Waals surface area contributed by atoms with Crippen molar-refractivity contribution >= 4 is 29.2 Å². The SMILES string of the molecule is O=C(O)COC(=O)c1cc(Oc2ccc(C(F)(F)F)cc2Cl)ccc1[N+](=O)[O-].[H-].[Na+]. The second kappa shape index (κ2) is 9.92. The third-order valence-corrected chi connectivity index (χ3v) is 3.49. The van der Waals surface area contributed by atoms with E-state index in [1.165, 1.54) is 0 Å². The number of nitro groups is 1. The van der Waals surface area contributed by atoms with Crippen LogP contribution in [0.1, 0.15) is 17.3 Å². The first-order valence-electron chi connectivity index (χ1n) is 7.21. The monoisotopic (exact) mass is 443 g/mol.